The van der Waals surface area contributed by atoms with Gasteiger partial charge in [0.2, 0.25) is 0 Å². The first-order chi connectivity index (χ1) is 11.0. The lowest BCUT2D eigenvalue weighted by Gasteiger charge is -2.29. The van der Waals surface area contributed by atoms with E-state index in [0.29, 0.717) is 30.2 Å². The maximum absolute atomic E-state index is 13.3. The highest BCUT2D eigenvalue weighted by Crippen LogP contribution is 2.21. The summed E-state index contributed by atoms with van der Waals surface area (Å²) in [6.45, 7) is 2.99. The number of nitrogens with zero attached hydrogens (tertiary/aromatic N) is 4. The number of carbonyl (C=O) groups excluding carboxylic acids is 1. The molecule has 2 heterocycles. The van der Waals surface area contributed by atoms with E-state index in [9.17, 15) is 9.18 Å². The topological polar surface area (TPSA) is 77.0 Å². The van der Waals surface area contributed by atoms with E-state index in [-0.39, 0.29) is 29.4 Å². The van der Waals surface area contributed by atoms with Crippen molar-refractivity contribution in [1.29, 1.82) is 0 Å². The molecular weight excluding hydrogens is 356 g/mol. The average molecular weight is 374 g/mol. The summed E-state index contributed by atoms with van der Waals surface area (Å²) in [6.07, 6.45) is 1.57. The summed E-state index contributed by atoms with van der Waals surface area (Å²) in [5.74, 6) is -0.664. The van der Waals surface area contributed by atoms with E-state index in [1.165, 1.54) is 22.9 Å². The number of hydrogen-bond acceptors (Lipinski definition) is 4. The van der Waals surface area contributed by atoms with Gasteiger partial charge in [0.05, 0.1) is 16.4 Å². The monoisotopic (exact) mass is 373 g/mol. The molecule has 2 aromatic rings. The molecule has 0 atom stereocenters. The van der Waals surface area contributed by atoms with Gasteiger partial charge in [0.15, 0.2) is 5.69 Å². The summed E-state index contributed by atoms with van der Waals surface area (Å²) in [6, 6.07) is 4.40. The Morgan fingerprint density at radius 2 is 2.04 bits per heavy atom. The van der Waals surface area contributed by atoms with Crippen molar-refractivity contribution in [3.8, 4) is 5.69 Å². The van der Waals surface area contributed by atoms with Crippen molar-refractivity contribution in [3.05, 3.63) is 40.4 Å². The molecule has 1 fully saturated rings. The highest BCUT2D eigenvalue weighted by molar-refractivity contribution is 6.30. The van der Waals surface area contributed by atoms with Gasteiger partial charge < -0.3 is 10.6 Å². The number of piperidine rings is 1. The molecule has 1 amide bonds. The number of hydrogen-bond donors (Lipinski definition) is 1. The SMILES string of the molecule is Cc1c(C(=O)N2CCC(N)CC2)nnn1-c1ccc(F)c(Cl)c1.Cl. The Bertz CT molecular complexity index is 743. The summed E-state index contributed by atoms with van der Waals surface area (Å²) in [7, 11) is 0. The molecule has 0 unspecified atom stereocenters. The molecule has 24 heavy (non-hydrogen) atoms. The molecule has 9 heteroatoms. The van der Waals surface area contributed by atoms with Crippen LogP contribution in [0.5, 0.6) is 0 Å². The lowest BCUT2D eigenvalue weighted by Crippen LogP contribution is -2.43. The number of rotatable bonds is 2. The maximum atomic E-state index is 13.3. The highest BCUT2D eigenvalue weighted by Gasteiger charge is 2.26. The van der Waals surface area contributed by atoms with Gasteiger partial charge >= 0.3 is 0 Å². The fourth-order valence-corrected chi connectivity index (χ4v) is 2.82. The number of halogens is 3. The molecular formula is C15H18Cl2FN5O. The minimum atomic E-state index is -0.505. The number of benzene rings is 1. The zero-order valence-electron chi connectivity index (χ0n) is 13.1. The summed E-state index contributed by atoms with van der Waals surface area (Å²) < 4.78 is 14.8. The minimum absolute atomic E-state index is 0. The summed E-state index contributed by atoms with van der Waals surface area (Å²) in [5, 5.41) is 7.99. The van der Waals surface area contributed by atoms with Gasteiger partial charge in [-0.2, -0.15) is 0 Å². The summed E-state index contributed by atoms with van der Waals surface area (Å²) >= 11 is 5.80. The van der Waals surface area contributed by atoms with Crippen molar-refractivity contribution in [2.45, 2.75) is 25.8 Å². The smallest absolute Gasteiger partial charge is 0.276 e. The Morgan fingerprint density at radius 1 is 1.38 bits per heavy atom. The van der Waals surface area contributed by atoms with Gasteiger partial charge in [-0.1, -0.05) is 16.8 Å². The third-order valence-corrected chi connectivity index (χ3v) is 4.36. The van der Waals surface area contributed by atoms with E-state index < -0.39 is 5.82 Å². The van der Waals surface area contributed by atoms with Crippen LogP contribution in [0.25, 0.3) is 5.69 Å². The van der Waals surface area contributed by atoms with E-state index >= 15 is 0 Å². The zero-order valence-corrected chi connectivity index (χ0v) is 14.6. The largest absolute Gasteiger partial charge is 0.337 e. The van der Waals surface area contributed by atoms with Crippen LogP contribution in [0.1, 0.15) is 29.0 Å². The molecule has 0 radical (unpaired) electrons. The molecule has 1 saturated heterocycles. The summed E-state index contributed by atoms with van der Waals surface area (Å²) in [5.41, 5.74) is 7.30. The molecule has 0 aliphatic carbocycles. The van der Waals surface area contributed by atoms with Crippen LogP contribution in [0, 0.1) is 12.7 Å². The van der Waals surface area contributed by atoms with Gasteiger partial charge in [-0.05, 0) is 38.0 Å². The fourth-order valence-electron chi connectivity index (χ4n) is 2.64. The van der Waals surface area contributed by atoms with Crippen LogP contribution >= 0.6 is 24.0 Å². The van der Waals surface area contributed by atoms with Crippen LogP contribution in [-0.2, 0) is 0 Å². The molecule has 2 N–H and O–H groups in total. The predicted octanol–water partition coefficient (Wildman–Crippen LogP) is 2.35. The van der Waals surface area contributed by atoms with Crippen LogP contribution in [0.3, 0.4) is 0 Å². The molecule has 3 rings (SSSR count). The molecule has 1 aliphatic rings. The first-order valence-corrected chi connectivity index (χ1v) is 7.77. The van der Waals surface area contributed by atoms with Crippen LogP contribution in [0.15, 0.2) is 18.2 Å². The molecule has 0 bridgehead atoms. The summed E-state index contributed by atoms with van der Waals surface area (Å²) in [4.78, 5) is 14.3. The molecule has 0 saturated carbocycles. The standard InChI is InChI=1S/C15H17ClFN5O.ClH/c1-9-14(15(23)21-6-4-10(18)5-7-21)19-20-22(9)11-2-3-13(17)12(16)8-11;/h2-3,8,10H,4-7,18H2,1H3;1H. The Morgan fingerprint density at radius 3 is 2.67 bits per heavy atom. The van der Waals surface area contributed by atoms with E-state index in [2.05, 4.69) is 10.3 Å². The number of nitrogens with two attached hydrogens (primary N) is 1. The number of amides is 1. The highest BCUT2D eigenvalue weighted by atomic mass is 35.5. The van der Waals surface area contributed by atoms with Crippen molar-refractivity contribution < 1.29 is 9.18 Å². The normalized spacial score (nSPS) is 15.2. The Balaban J connectivity index is 0.00000208. The number of aromatic nitrogens is 3. The lowest BCUT2D eigenvalue weighted by molar-refractivity contribution is 0.0708. The first-order valence-electron chi connectivity index (χ1n) is 7.40. The van der Waals surface area contributed by atoms with Gasteiger partial charge in [0, 0.05) is 19.1 Å². The van der Waals surface area contributed by atoms with E-state index in [0.717, 1.165) is 12.8 Å². The van der Waals surface area contributed by atoms with E-state index in [4.69, 9.17) is 17.3 Å². The van der Waals surface area contributed by atoms with Crippen LogP contribution in [0.4, 0.5) is 4.39 Å². The number of carbonyl (C=O) groups is 1. The molecule has 6 nitrogen and oxygen atoms in total. The lowest BCUT2D eigenvalue weighted by atomic mass is 10.1. The second-order valence-electron chi connectivity index (χ2n) is 5.66. The van der Waals surface area contributed by atoms with Crippen LogP contribution < -0.4 is 5.73 Å². The predicted molar refractivity (Wildman–Crippen MR) is 91.4 cm³/mol. The number of likely N-dealkylation sites (tertiary alicyclic amines) is 1. The molecule has 0 spiro atoms. The van der Waals surface area contributed by atoms with Crippen molar-refractivity contribution in [2.24, 2.45) is 5.73 Å². The first kappa shape index (κ1) is 18.6. The molecule has 1 aromatic heterocycles. The third kappa shape index (κ3) is 3.53. The maximum Gasteiger partial charge on any atom is 0.276 e. The van der Waals surface area contributed by atoms with Gasteiger partial charge in [0.25, 0.3) is 5.91 Å². The third-order valence-electron chi connectivity index (χ3n) is 4.07. The van der Waals surface area contributed by atoms with Crippen LogP contribution in [-0.4, -0.2) is 44.9 Å². The van der Waals surface area contributed by atoms with Gasteiger partial charge in [-0.3, -0.25) is 4.79 Å². The second-order valence-corrected chi connectivity index (χ2v) is 6.07. The quantitative estimate of drug-likeness (QED) is 0.876. The minimum Gasteiger partial charge on any atom is -0.337 e. The van der Waals surface area contributed by atoms with Crippen molar-refractivity contribution in [1.82, 2.24) is 19.9 Å². The Labute approximate surface area is 150 Å². The van der Waals surface area contributed by atoms with Crippen molar-refractivity contribution >= 4 is 29.9 Å². The van der Waals surface area contributed by atoms with Gasteiger partial charge in [0.1, 0.15) is 5.82 Å². The Kier molecular flexibility index (Phi) is 5.79. The molecule has 1 aromatic carbocycles. The van der Waals surface area contributed by atoms with Gasteiger partial charge in [-0.25, -0.2) is 9.07 Å². The van der Waals surface area contributed by atoms with E-state index in [1.807, 2.05) is 0 Å². The Hall–Kier alpha value is -1.70. The van der Waals surface area contributed by atoms with E-state index in [1.54, 1.807) is 11.8 Å². The molecule has 1 aliphatic heterocycles. The average Bonchev–Trinajstić information content (AvgIpc) is 2.92. The zero-order chi connectivity index (χ0) is 16.6. The van der Waals surface area contributed by atoms with Crippen molar-refractivity contribution in [3.63, 3.8) is 0 Å². The fraction of sp³-hybridized carbons (Fsp3) is 0.400. The van der Waals surface area contributed by atoms with Gasteiger partial charge in [-0.15, -0.1) is 17.5 Å². The second kappa shape index (κ2) is 7.46. The van der Waals surface area contributed by atoms with Crippen molar-refractivity contribution in [2.75, 3.05) is 13.1 Å². The van der Waals surface area contributed by atoms with Crippen LogP contribution in [0.2, 0.25) is 5.02 Å². The molecule has 130 valence electrons.